The molecule has 0 aliphatic rings. The molecule has 0 saturated heterocycles. The summed E-state index contributed by atoms with van der Waals surface area (Å²) in [4.78, 5) is 7.78. The van der Waals surface area contributed by atoms with Gasteiger partial charge in [0.2, 0.25) is 5.88 Å². The number of nitrogens with zero attached hydrogens (tertiary/aromatic N) is 2. The van der Waals surface area contributed by atoms with Crippen LogP contribution in [0.2, 0.25) is 0 Å². The normalized spacial score (nSPS) is 11.3. The van der Waals surface area contributed by atoms with Crippen molar-refractivity contribution < 1.29 is 9.14 Å². The topological polar surface area (TPSA) is 42.0 Å². The van der Waals surface area contributed by atoms with Crippen molar-refractivity contribution in [1.29, 1.82) is 0 Å². The molecule has 0 saturated carbocycles. The Balaban J connectivity index is 1.66. The molecule has 4 heteroatoms. The number of para-hydroxylation sites is 1. The van der Waals surface area contributed by atoms with Gasteiger partial charge in [0.15, 0.2) is 5.69 Å². The van der Waals surface area contributed by atoms with Crippen LogP contribution in [0.15, 0.2) is 103 Å². The van der Waals surface area contributed by atoms with Crippen LogP contribution in [0.5, 0.6) is 11.6 Å². The Kier molecular flexibility index (Phi) is 3.74. The predicted molar refractivity (Wildman–Crippen MR) is 119 cm³/mol. The van der Waals surface area contributed by atoms with Crippen LogP contribution in [-0.2, 0) is 0 Å². The van der Waals surface area contributed by atoms with Crippen LogP contribution >= 0.6 is 0 Å². The van der Waals surface area contributed by atoms with Crippen LogP contribution in [-0.4, -0.2) is 9.97 Å². The lowest BCUT2D eigenvalue weighted by Crippen LogP contribution is -2.23. The molecule has 0 fully saturated rings. The number of aromatic nitrogens is 3. The zero-order valence-electron chi connectivity index (χ0n) is 16.1. The zero-order valence-corrected chi connectivity index (χ0v) is 16.1. The molecule has 3 heterocycles. The molecule has 0 unspecified atom stereocenters. The monoisotopic (exact) mass is 388 g/mol. The van der Waals surface area contributed by atoms with E-state index in [1.807, 2.05) is 30.3 Å². The molecule has 0 spiro atoms. The summed E-state index contributed by atoms with van der Waals surface area (Å²) < 4.78 is 8.29. The van der Waals surface area contributed by atoms with E-state index in [4.69, 9.17) is 4.74 Å². The van der Waals surface area contributed by atoms with Gasteiger partial charge in [0.1, 0.15) is 17.5 Å². The Morgan fingerprint density at radius 2 is 1.57 bits per heavy atom. The summed E-state index contributed by atoms with van der Waals surface area (Å²) in [6.45, 7) is 0. The highest BCUT2D eigenvalue weighted by molar-refractivity contribution is 6.09. The average Bonchev–Trinajstić information content (AvgIpc) is 3.26. The number of benzene rings is 3. The Morgan fingerprint density at radius 1 is 0.733 bits per heavy atom. The molecule has 6 rings (SSSR count). The summed E-state index contributed by atoms with van der Waals surface area (Å²) in [6.07, 6.45) is 3.80. The van der Waals surface area contributed by atoms with E-state index in [0.717, 1.165) is 22.5 Å². The first-order valence-corrected chi connectivity index (χ1v) is 9.90. The van der Waals surface area contributed by atoms with Gasteiger partial charge in [-0.2, -0.15) is 4.40 Å². The lowest BCUT2D eigenvalue weighted by molar-refractivity contribution is -0.466. The van der Waals surface area contributed by atoms with Crippen molar-refractivity contribution in [3.63, 3.8) is 0 Å². The molecule has 1 N–H and O–H groups in total. The molecule has 0 amide bonds. The fraction of sp³-hybridized carbons (Fsp3) is 0. The van der Waals surface area contributed by atoms with Crippen LogP contribution in [0.25, 0.3) is 38.6 Å². The quantitative estimate of drug-likeness (QED) is 0.302. The van der Waals surface area contributed by atoms with Gasteiger partial charge in [-0.15, -0.1) is 0 Å². The summed E-state index contributed by atoms with van der Waals surface area (Å²) >= 11 is 0. The molecule has 3 aromatic heterocycles. The SMILES string of the molecule is c1ccc(-c2c[nH]c3c4cc(Oc5ccccn5)ccc4c4ccccc4[n+]23)cc1. The molecule has 0 aliphatic heterocycles. The van der Waals surface area contributed by atoms with E-state index < -0.39 is 0 Å². The van der Waals surface area contributed by atoms with E-state index in [1.54, 1.807) is 6.20 Å². The highest BCUT2D eigenvalue weighted by Gasteiger charge is 2.20. The van der Waals surface area contributed by atoms with Crippen LogP contribution < -0.4 is 9.14 Å². The third kappa shape index (κ3) is 2.62. The largest absolute Gasteiger partial charge is 0.439 e. The number of nitrogens with one attached hydrogen (secondary N) is 1. The lowest BCUT2D eigenvalue weighted by Gasteiger charge is -2.08. The summed E-state index contributed by atoms with van der Waals surface area (Å²) in [5.41, 5.74) is 4.49. The van der Waals surface area contributed by atoms with Gasteiger partial charge in [0.05, 0.1) is 5.39 Å². The van der Waals surface area contributed by atoms with Crippen LogP contribution in [0.3, 0.4) is 0 Å². The number of hydrogen-bond donors (Lipinski definition) is 1. The smallest absolute Gasteiger partial charge is 0.293 e. The minimum atomic E-state index is 0.581. The number of H-pyrrole nitrogens is 1. The second-order valence-corrected chi connectivity index (χ2v) is 7.22. The van der Waals surface area contributed by atoms with Crippen molar-refractivity contribution in [3.05, 3.63) is 103 Å². The van der Waals surface area contributed by atoms with Gasteiger partial charge < -0.3 is 4.74 Å². The van der Waals surface area contributed by atoms with Gasteiger partial charge in [-0.1, -0.05) is 54.6 Å². The van der Waals surface area contributed by atoms with Gasteiger partial charge in [-0.05, 0) is 30.3 Å². The summed E-state index contributed by atoms with van der Waals surface area (Å²) in [6, 6.07) is 30.8. The van der Waals surface area contributed by atoms with E-state index in [1.165, 1.54) is 21.9 Å². The van der Waals surface area contributed by atoms with Crippen molar-refractivity contribution in [2.24, 2.45) is 0 Å². The first-order chi connectivity index (χ1) is 14.9. The molecular formula is C26H18N3O+. The minimum Gasteiger partial charge on any atom is -0.439 e. The zero-order chi connectivity index (χ0) is 19.9. The molecule has 30 heavy (non-hydrogen) atoms. The maximum absolute atomic E-state index is 6.00. The van der Waals surface area contributed by atoms with E-state index in [0.29, 0.717) is 5.88 Å². The molecule has 0 aliphatic carbocycles. The average molecular weight is 388 g/mol. The predicted octanol–water partition coefficient (Wildman–Crippen LogP) is 5.91. The minimum absolute atomic E-state index is 0.581. The Bertz CT molecular complexity index is 1510. The van der Waals surface area contributed by atoms with Crippen molar-refractivity contribution >= 4 is 27.3 Å². The molecule has 3 aromatic carbocycles. The third-order valence-electron chi connectivity index (χ3n) is 5.42. The lowest BCUT2D eigenvalue weighted by atomic mass is 10.1. The highest BCUT2D eigenvalue weighted by atomic mass is 16.5. The maximum atomic E-state index is 6.00. The Hall–Kier alpha value is -4.18. The van der Waals surface area contributed by atoms with E-state index >= 15 is 0 Å². The number of imidazole rings is 1. The highest BCUT2D eigenvalue weighted by Crippen LogP contribution is 2.32. The van der Waals surface area contributed by atoms with Gasteiger partial charge in [0, 0.05) is 28.6 Å². The number of rotatable bonds is 3. The fourth-order valence-corrected chi connectivity index (χ4v) is 4.10. The van der Waals surface area contributed by atoms with Crippen molar-refractivity contribution in [3.8, 4) is 22.9 Å². The molecule has 6 aromatic rings. The first-order valence-electron chi connectivity index (χ1n) is 9.90. The standard InChI is InChI=1S/C26H17N3O/c1-2-8-18(9-3-1)24-17-28-26-22-16-19(30-25-12-6-7-15-27-25)13-14-20(22)21-10-4-5-11-23(21)29(24)26/h1-17H/p+1. The van der Waals surface area contributed by atoms with Crippen molar-refractivity contribution in [2.45, 2.75) is 0 Å². The van der Waals surface area contributed by atoms with Gasteiger partial charge in [-0.3, -0.25) is 0 Å². The second-order valence-electron chi connectivity index (χ2n) is 7.22. The number of hydrogen-bond acceptors (Lipinski definition) is 2. The second kappa shape index (κ2) is 6.71. The van der Waals surface area contributed by atoms with Crippen LogP contribution in [0, 0.1) is 0 Å². The van der Waals surface area contributed by atoms with Crippen molar-refractivity contribution in [1.82, 2.24) is 9.97 Å². The van der Waals surface area contributed by atoms with Gasteiger partial charge in [-0.25, -0.2) is 9.97 Å². The summed E-state index contributed by atoms with van der Waals surface area (Å²) in [5, 5.41) is 3.48. The molecule has 142 valence electrons. The van der Waals surface area contributed by atoms with Gasteiger partial charge >= 0.3 is 0 Å². The molecule has 0 atom stereocenters. The van der Waals surface area contributed by atoms with Crippen molar-refractivity contribution in [2.75, 3.05) is 0 Å². The van der Waals surface area contributed by atoms with Crippen LogP contribution in [0.1, 0.15) is 0 Å². The molecular weight excluding hydrogens is 370 g/mol. The first kappa shape index (κ1) is 16.7. The Labute approximate surface area is 173 Å². The number of aromatic amines is 1. The summed E-state index contributed by atoms with van der Waals surface area (Å²) in [7, 11) is 0. The Morgan fingerprint density at radius 3 is 2.43 bits per heavy atom. The van der Waals surface area contributed by atoms with E-state index in [-0.39, 0.29) is 0 Å². The third-order valence-corrected chi connectivity index (χ3v) is 5.42. The molecule has 0 radical (unpaired) electrons. The van der Waals surface area contributed by atoms with E-state index in [9.17, 15) is 0 Å². The van der Waals surface area contributed by atoms with E-state index in [2.05, 4.69) is 81.2 Å². The maximum Gasteiger partial charge on any atom is 0.293 e. The number of ether oxygens (including phenoxy) is 1. The molecule has 0 bridgehead atoms. The number of fused-ring (bicyclic) bond motifs is 6. The van der Waals surface area contributed by atoms with Gasteiger partial charge in [0.25, 0.3) is 5.65 Å². The fourth-order valence-electron chi connectivity index (χ4n) is 4.10. The molecule has 4 nitrogen and oxygen atoms in total. The number of pyridine rings is 2. The van der Waals surface area contributed by atoms with Crippen LogP contribution in [0.4, 0.5) is 0 Å². The summed E-state index contributed by atoms with van der Waals surface area (Å²) in [5.74, 6) is 1.34.